The summed E-state index contributed by atoms with van der Waals surface area (Å²) in [6.07, 6.45) is 0.578. The lowest BCUT2D eigenvalue weighted by Gasteiger charge is -2.42. The highest BCUT2D eigenvalue weighted by Gasteiger charge is 2.34. The van der Waals surface area contributed by atoms with Crippen LogP contribution in [0.4, 0.5) is 14.6 Å². The van der Waals surface area contributed by atoms with Crippen LogP contribution in [-0.2, 0) is 4.74 Å². The van der Waals surface area contributed by atoms with E-state index in [1.165, 1.54) is 0 Å². The second kappa shape index (κ2) is 4.78. The average molecular weight is 258 g/mol. The molecule has 0 aromatic carbocycles. The molecule has 6 heteroatoms. The Hall–Kier alpha value is -1.27. The lowest BCUT2D eigenvalue weighted by Crippen LogP contribution is -2.54. The van der Waals surface area contributed by atoms with Gasteiger partial charge in [-0.15, -0.1) is 0 Å². The van der Waals surface area contributed by atoms with Gasteiger partial charge in [-0.25, -0.2) is 13.8 Å². The van der Waals surface area contributed by atoms with Gasteiger partial charge in [-0.1, -0.05) is 0 Å². The number of aliphatic hydroxyl groups excluding tert-OH is 1. The van der Waals surface area contributed by atoms with Crippen molar-refractivity contribution in [1.82, 2.24) is 4.98 Å². The van der Waals surface area contributed by atoms with Crippen molar-refractivity contribution in [2.24, 2.45) is 0 Å². The molecule has 0 amide bonds. The first-order chi connectivity index (χ1) is 8.41. The maximum Gasteiger partial charge on any atom is 0.168 e. The van der Waals surface area contributed by atoms with Gasteiger partial charge >= 0.3 is 0 Å². The van der Waals surface area contributed by atoms with Crippen LogP contribution in [0.15, 0.2) is 12.3 Å². The van der Waals surface area contributed by atoms with Crippen LogP contribution in [-0.4, -0.2) is 41.5 Å². The summed E-state index contributed by atoms with van der Waals surface area (Å²) in [6.45, 7) is 4.31. The number of rotatable bonds is 2. The second-order valence-electron chi connectivity index (χ2n) is 5.02. The molecule has 2 heterocycles. The molecular formula is C12H16F2N2O2. The Labute approximate surface area is 104 Å². The molecule has 1 unspecified atom stereocenters. The highest BCUT2D eigenvalue weighted by Crippen LogP contribution is 2.26. The lowest BCUT2D eigenvalue weighted by atomic mass is 10.1. The van der Waals surface area contributed by atoms with Crippen LogP contribution in [0.3, 0.4) is 0 Å². The number of halogens is 2. The summed E-state index contributed by atoms with van der Waals surface area (Å²) in [5.74, 6) is -1.32. The molecule has 1 fully saturated rings. The van der Waals surface area contributed by atoms with Gasteiger partial charge < -0.3 is 14.7 Å². The maximum absolute atomic E-state index is 13.7. The Morgan fingerprint density at radius 3 is 2.89 bits per heavy atom. The van der Waals surface area contributed by atoms with Crippen molar-refractivity contribution in [3.05, 3.63) is 23.9 Å². The van der Waals surface area contributed by atoms with E-state index >= 15 is 0 Å². The van der Waals surface area contributed by atoms with Gasteiger partial charge in [0.1, 0.15) is 5.82 Å². The highest BCUT2D eigenvalue weighted by atomic mass is 19.1. The Bertz CT molecular complexity index is 440. The van der Waals surface area contributed by atoms with E-state index in [2.05, 4.69) is 4.98 Å². The van der Waals surface area contributed by atoms with Gasteiger partial charge in [0.2, 0.25) is 0 Å². The van der Waals surface area contributed by atoms with Crippen molar-refractivity contribution in [1.29, 1.82) is 0 Å². The molecule has 0 aliphatic carbocycles. The fourth-order valence-corrected chi connectivity index (χ4v) is 2.19. The lowest BCUT2D eigenvalue weighted by molar-refractivity contribution is -0.101. The van der Waals surface area contributed by atoms with Gasteiger partial charge in [-0.05, 0) is 13.8 Å². The van der Waals surface area contributed by atoms with Crippen LogP contribution in [0.2, 0.25) is 0 Å². The predicted octanol–water partition coefficient (Wildman–Crippen LogP) is 1.34. The van der Waals surface area contributed by atoms with E-state index in [0.717, 1.165) is 12.3 Å². The SMILES string of the molecule is CC1(C)CN(c2ncc(F)cc2F)CC(CO)O1. The molecule has 0 bridgehead atoms. The van der Waals surface area contributed by atoms with Crippen molar-refractivity contribution >= 4 is 5.82 Å². The van der Waals surface area contributed by atoms with Crippen molar-refractivity contribution in [3.8, 4) is 0 Å². The molecule has 1 aliphatic rings. The van der Waals surface area contributed by atoms with Crippen molar-refractivity contribution in [2.45, 2.75) is 25.6 Å². The Morgan fingerprint density at radius 2 is 2.28 bits per heavy atom. The zero-order chi connectivity index (χ0) is 13.3. The van der Waals surface area contributed by atoms with Crippen LogP contribution in [0.25, 0.3) is 0 Å². The molecule has 4 nitrogen and oxygen atoms in total. The fraction of sp³-hybridized carbons (Fsp3) is 0.583. The van der Waals surface area contributed by atoms with Crippen LogP contribution < -0.4 is 4.90 Å². The first-order valence-corrected chi connectivity index (χ1v) is 5.76. The van der Waals surface area contributed by atoms with Gasteiger partial charge in [0, 0.05) is 19.2 Å². The van der Waals surface area contributed by atoms with Crippen molar-refractivity contribution in [2.75, 3.05) is 24.6 Å². The summed E-state index contributed by atoms with van der Waals surface area (Å²) in [5, 5.41) is 9.18. The molecule has 100 valence electrons. The summed E-state index contributed by atoms with van der Waals surface area (Å²) >= 11 is 0. The molecule has 0 spiro atoms. The van der Waals surface area contributed by atoms with E-state index in [9.17, 15) is 13.9 Å². The van der Waals surface area contributed by atoms with Crippen LogP contribution in [0.5, 0.6) is 0 Å². The number of hydrogen-bond acceptors (Lipinski definition) is 4. The molecule has 2 rings (SSSR count). The zero-order valence-corrected chi connectivity index (χ0v) is 10.4. The van der Waals surface area contributed by atoms with E-state index < -0.39 is 23.3 Å². The van der Waals surface area contributed by atoms with E-state index in [1.54, 1.807) is 4.90 Å². The normalized spacial score (nSPS) is 23.2. The van der Waals surface area contributed by atoms with E-state index in [0.29, 0.717) is 13.1 Å². The molecule has 1 atom stereocenters. The Balaban J connectivity index is 2.26. The predicted molar refractivity (Wildman–Crippen MR) is 62.4 cm³/mol. The van der Waals surface area contributed by atoms with Gasteiger partial charge in [0.05, 0.1) is 24.5 Å². The third kappa shape index (κ3) is 2.76. The number of aliphatic hydroxyl groups is 1. The maximum atomic E-state index is 13.7. The average Bonchev–Trinajstić information content (AvgIpc) is 2.26. The monoisotopic (exact) mass is 258 g/mol. The van der Waals surface area contributed by atoms with Crippen LogP contribution in [0.1, 0.15) is 13.8 Å². The fourth-order valence-electron chi connectivity index (χ4n) is 2.19. The number of morpholine rings is 1. The largest absolute Gasteiger partial charge is 0.394 e. The molecule has 1 N–H and O–H groups in total. The molecule has 1 aliphatic heterocycles. The molecule has 0 radical (unpaired) electrons. The van der Waals surface area contributed by atoms with Crippen LogP contribution in [0, 0.1) is 11.6 Å². The van der Waals surface area contributed by atoms with E-state index in [4.69, 9.17) is 4.74 Å². The second-order valence-corrected chi connectivity index (χ2v) is 5.02. The minimum absolute atomic E-state index is 0.0891. The van der Waals surface area contributed by atoms with Gasteiger partial charge in [0.15, 0.2) is 11.6 Å². The molecule has 18 heavy (non-hydrogen) atoms. The smallest absolute Gasteiger partial charge is 0.168 e. The van der Waals surface area contributed by atoms with Crippen molar-refractivity contribution in [3.63, 3.8) is 0 Å². The molecular weight excluding hydrogens is 242 g/mol. The summed E-state index contributed by atoms with van der Waals surface area (Å²) in [7, 11) is 0. The first-order valence-electron chi connectivity index (χ1n) is 5.76. The third-order valence-corrected chi connectivity index (χ3v) is 2.77. The summed E-state index contributed by atoms with van der Waals surface area (Å²) < 4.78 is 32.1. The number of nitrogens with zero attached hydrogens (tertiary/aromatic N) is 2. The minimum atomic E-state index is -0.706. The van der Waals surface area contributed by atoms with Crippen LogP contribution >= 0.6 is 0 Å². The Morgan fingerprint density at radius 1 is 1.56 bits per heavy atom. The molecule has 0 saturated carbocycles. The van der Waals surface area contributed by atoms with Gasteiger partial charge in [-0.3, -0.25) is 0 Å². The third-order valence-electron chi connectivity index (χ3n) is 2.77. The van der Waals surface area contributed by atoms with E-state index in [1.807, 2.05) is 13.8 Å². The number of ether oxygens (including phenoxy) is 1. The molecule has 1 aromatic heterocycles. The minimum Gasteiger partial charge on any atom is -0.394 e. The van der Waals surface area contributed by atoms with E-state index in [-0.39, 0.29) is 12.4 Å². The highest BCUT2D eigenvalue weighted by molar-refractivity contribution is 5.41. The van der Waals surface area contributed by atoms with Gasteiger partial charge in [0.25, 0.3) is 0 Å². The summed E-state index contributed by atoms with van der Waals surface area (Å²) in [6, 6.07) is 0.804. The number of hydrogen-bond donors (Lipinski definition) is 1. The standard InChI is InChI=1S/C12H16F2N2O2/c1-12(2)7-16(5-9(6-17)18-12)11-10(14)3-8(13)4-15-11/h3-4,9,17H,5-7H2,1-2H3. The first kappa shape index (κ1) is 13.2. The summed E-state index contributed by atoms with van der Waals surface area (Å²) in [4.78, 5) is 5.44. The van der Waals surface area contributed by atoms with Gasteiger partial charge in [-0.2, -0.15) is 0 Å². The number of aromatic nitrogens is 1. The zero-order valence-electron chi connectivity index (χ0n) is 10.4. The topological polar surface area (TPSA) is 45.6 Å². The number of anilines is 1. The molecule has 1 saturated heterocycles. The molecule has 1 aromatic rings. The Kier molecular flexibility index (Phi) is 3.49. The summed E-state index contributed by atoms with van der Waals surface area (Å²) in [5.41, 5.74) is -0.520. The quantitative estimate of drug-likeness (QED) is 0.869. The number of pyridine rings is 1. The van der Waals surface area contributed by atoms with Crippen molar-refractivity contribution < 1.29 is 18.6 Å².